The van der Waals surface area contributed by atoms with Crippen LogP contribution >= 0.6 is 11.8 Å². The van der Waals surface area contributed by atoms with Crippen LogP contribution in [0.4, 0.5) is 4.79 Å². The van der Waals surface area contributed by atoms with Crippen molar-refractivity contribution >= 4 is 34.6 Å². The maximum absolute atomic E-state index is 13.1. The van der Waals surface area contributed by atoms with E-state index >= 15 is 0 Å². The summed E-state index contributed by atoms with van der Waals surface area (Å²) in [6, 6.07) is 14.1. The van der Waals surface area contributed by atoms with Crippen LogP contribution in [-0.2, 0) is 4.79 Å². The number of urea groups is 1. The van der Waals surface area contributed by atoms with Gasteiger partial charge < -0.3 is 5.32 Å². The fraction of sp³-hybridized carbons (Fsp3) is 0.238. The van der Waals surface area contributed by atoms with Gasteiger partial charge in [-0.3, -0.25) is 19.5 Å². The number of rotatable bonds is 6. The lowest BCUT2D eigenvalue weighted by atomic mass is 10.2. The highest BCUT2D eigenvalue weighted by Crippen LogP contribution is 2.21. The third-order valence-electron chi connectivity index (χ3n) is 4.16. The molecule has 150 valence electrons. The largest absolute Gasteiger partial charge is 0.338 e. The van der Waals surface area contributed by atoms with Gasteiger partial charge in [-0.15, -0.1) is 0 Å². The molecule has 2 aromatic carbocycles. The van der Waals surface area contributed by atoms with Crippen molar-refractivity contribution in [3.8, 4) is 5.69 Å². The topological polar surface area (TPSA) is 93.1 Å². The van der Waals surface area contributed by atoms with Gasteiger partial charge in [-0.1, -0.05) is 48.5 Å². The summed E-state index contributed by atoms with van der Waals surface area (Å²) in [6.07, 6.45) is 0.778. The molecule has 1 aromatic heterocycles. The minimum Gasteiger partial charge on any atom is -0.338 e. The summed E-state index contributed by atoms with van der Waals surface area (Å²) in [6.45, 7) is 4.38. The van der Waals surface area contributed by atoms with Gasteiger partial charge in [-0.25, -0.2) is 9.78 Å². The minimum absolute atomic E-state index is 0.0454. The molecule has 1 heterocycles. The van der Waals surface area contributed by atoms with Crippen molar-refractivity contribution in [2.75, 3.05) is 12.3 Å². The minimum atomic E-state index is -0.528. The molecule has 29 heavy (non-hydrogen) atoms. The van der Waals surface area contributed by atoms with E-state index in [1.54, 1.807) is 18.2 Å². The van der Waals surface area contributed by atoms with Crippen molar-refractivity contribution in [3.05, 3.63) is 64.4 Å². The smallest absolute Gasteiger partial charge is 0.321 e. The van der Waals surface area contributed by atoms with Crippen LogP contribution in [0.3, 0.4) is 0 Å². The number of nitrogens with zero attached hydrogens (tertiary/aromatic N) is 2. The van der Waals surface area contributed by atoms with Crippen LogP contribution in [0, 0.1) is 6.92 Å². The lowest BCUT2D eigenvalue weighted by Crippen LogP contribution is -2.40. The summed E-state index contributed by atoms with van der Waals surface area (Å²) in [5.41, 5.74) is 2.09. The average molecular weight is 410 g/mol. The molecule has 0 saturated carbocycles. The number of fused-ring (bicyclic) bond motifs is 1. The number of hydrogen-bond donors (Lipinski definition) is 2. The van der Waals surface area contributed by atoms with E-state index in [-0.39, 0.29) is 11.3 Å². The van der Waals surface area contributed by atoms with E-state index < -0.39 is 11.9 Å². The zero-order valence-electron chi connectivity index (χ0n) is 16.3. The van der Waals surface area contributed by atoms with Gasteiger partial charge in [0.25, 0.3) is 5.56 Å². The summed E-state index contributed by atoms with van der Waals surface area (Å²) in [5, 5.41) is 5.76. The third kappa shape index (κ3) is 5.03. The molecule has 3 amide bonds. The molecule has 7 nitrogen and oxygen atoms in total. The van der Waals surface area contributed by atoms with Crippen LogP contribution in [0.2, 0.25) is 0 Å². The SMILES string of the molecule is CCCNC(=O)NC(=O)CSc1nc2ccccc2c(=O)n1-c1ccc(C)cc1. The average Bonchev–Trinajstić information content (AvgIpc) is 2.72. The van der Waals surface area contributed by atoms with Crippen molar-refractivity contribution in [1.82, 2.24) is 20.2 Å². The molecule has 3 aromatic rings. The molecule has 0 aliphatic carbocycles. The van der Waals surface area contributed by atoms with Gasteiger partial charge >= 0.3 is 6.03 Å². The molecule has 0 atom stereocenters. The van der Waals surface area contributed by atoms with Crippen LogP contribution < -0.4 is 16.2 Å². The second kappa shape index (κ2) is 9.38. The summed E-state index contributed by atoms with van der Waals surface area (Å²) >= 11 is 1.11. The van der Waals surface area contributed by atoms with Gasteiger partial charge in [0.1, 0.15) is 0 Å². The Morgan fingerprint density at radius 2 is 1.83 bits per heavy atom. The first-order chi connectivity index (χ1) is 14.0. The summed E-state index contributed by atoms with van der Waals surface area (Å²) in [5.74, 6) is -0.502. The van der Waals surface area contributed by atoms with Crippen LogP contribution in [0.5, 0.6) is 0 Å². The Hall–Kier alpha value is -3.13. The Kier molecular flexibility index (Phi) is 6.66. The van der Waals surface area contributed by atoms with E-state index in [1.807, 2.05) is 44.2 Å². The first-order valence-corrected chi connectivity index (χ1v) is 10.3. The molecular formula is C21H22N4O3S. The van der Waals surface area contributed by atoms with Gasteiger partial charge in [0.05, 0.1) is 22.3 Å². The van der Waals surface area contributed by atoms with Crippen molar-refractivity contribution in [1.29, 1.82) is 0 Å². The molecular weight excluding hydrogens is 388 g/mol. The molecule has 3 rings (SSSR count). The summed E-state index contributed by atoms with van der Waals surface area (Å²) in [7, 11) is 0. The number of amides is 3. The van der Waals surface area contributed by atoms with E-state index in [0.717, 1.165) is 23.7 Å². The van der Waals surface area contributed by atoms with Gasteiger partial charge in [0.15, 0.2) is 5.16 Å². The number of para-hydroxylation sites is 1. The van der Waals surface area contributed by atoms with E-state index in [4.69, 9.17) is 0 Å². The molecule has 2 N–H and O–H groups in total. The highest BCUT2D eigenvalue weighted by atomic mass is 32.2. The lowest BCUT2D eigenvalue weighted by molar-refractivity contribution is -0.117. The first kappa shape index (κ1) is 20.6. The van der Waals surface area contributed by atoms with Gasteiger partial charge in [0.2, 0.25) is 5.91 Å². The Morgan fingerprint density at radius 1 is 1.10 bits per heavy atom. The number of imide groups is 1. The maximum atomic E-state index is 13.1. The predicted octanol–water partition coefficient (Wildman–Crippen LogP) is 3.02. The van der Waals surface area contributed by atoms with Gasteiger partial charge in [-0.2, -0.15) is 0 Å². The van der Waals surface area contributed by atoms with Crippen LogP contribution in [-0.4, -0.2) is 33.8 Å². The van der Waals surface area contributed by atoms with Crippen molar-refractivity contribution in [2.45, 2.75) is 25.4 Å². The lowest BCUT2D eigenvalue weighted by Gasteiger charge is -2.13. The fourth-order valence-corrected chi connectivity index (χ4v) is 3.52. The molecule has 8 heteroatoms. The Morgan fingerprint density at radius 3 is 2.55 bits per heavy atom. The number of aryl methyl sites for hydroxylation is 1. The Balaban J connectivity index is 1.91. The van der Waals surface area contributed by atoms with E-state index in [2.05, 4.69) is 15.6 Å². The highest BCUT2D eigenvalue weighted by Gasteiger charge is 2.15. The molecule has 0 spiro atoms. The molecule has 0 saturated heterocycles. The normalized spacial score (nSPS) is 10.7. The molecule has 0 fully saturated rings. The second-order valence-corrected chi connectivity index (χ2v) is 7.42. The molecule has 0 aliphatic rings. The number of carbonyl (C=O) groups is 2. The van der Waals surface area contributed by atoms with Crippen molar-refractivity contribution in [3.63, 3.8) is 0 Å². The third-order valence-corrected chi connectivity index (χ3v) is 5.10. The highest BCUT2D eigenvalue weighted by molar-refractivity contribution is 7.99. The second-order valence-electron chi connectivity index (χ2n) is 6.48. The van der Waals surface area contributed by atoms with Crippen LogP contribution in [0.25, 0.3) is 16.6 Å². The van der Waals surface area contributed by atoms with E-state index in [9.17, 15) is 14.4 Å². The number of benzene rings is 2. The van der Waals surface area contributed by atoms with E-state index in [1.165, 1.54) is 4.57 Å². The quantitative estimate of drug-likeness (QED) is 0.481. The van der Waals surface area contributed by atoms with Gasteiger partial charge in [0, 0.05) is 6.54 Å². The monoisotopic (exact) mass is 410 g/mol. The molecule has 0 unspecified atom stereocenters. The first-order valence-electron chi connectivity index (χ1n) is 9.29. The summed E-state index contributed by atoms with van der Waals surface area (Å²) < 4.78 is 1.50. The van der Waals surface area contributed by atoms with E-state index in [0.29, 0.717) is 28.3 Å². The van der Waals surface area contributed by atoms with Crippen molar-refractivity contribution in [2.24, 2.45) is 0 Å². The Bertz CT molecular complexity index is 1090. The molecule has 0 bridgehead atoms. The number of carbonyl (C=O) groups excluding carboxylic acids is 2. The number of hydrogen-bond acceptors (Lipinski definition) is 5. The Labute approximate surface area is 172 Å². The van der Waals surface area contributed by atoms with Crippen molar-refractivity contribution < 1.29 is 9.59 Å². The standard InChI is InChI=1S/C21H22N4O3S/c1-3-12-22-20(28)24-18(26)13-29-21-23-17-7-5-4-6-16(17)19(27)25(21)15-10-8-14(2)9-11-15/h4-11H,3,12-13H2,1-2H3,(H2,22,24,26,28). The molecule has 0 radical (unpaired) electrons. The van der Waals surface area contributed by atoms with Crippen LogP contribution in [0.15, 0.2) is 58.5 Å². The summed E-state index contributed by atoms with van der Waals surface area (Å²) in [4.78, 5) is 41.5. The zero-order chi connectivity index (χ0) is 20.8. The fourth-order valence-electron chi connectivity index (χ4n) is 2.71. The number of thioether (sulfide) groups is 1. The molecule has 0 aliphatic heterocycles. The van der Waals surface area contributed by atoms with Gasteiger partial charge in [-0.05, 0) is 37.6 Å². The maximum Gasteiger partial charge on any atom is 0.321 e. The zero-order valence-corrected chi connectivity index (χ0v) is 17.1. The number of aromatic nitrogens is 2. The van der Waals surface area contributed by atoms with Crippen LogP contribution in [0.1, 0.15) is 18.9 Å². The number of nitrogens with one attached hydrogen (secondary N) is 2. The predicted molar refractivity (Wildman–Crippen MR) is 115 cm³/mol.